The second kappa shape index (κ2) is 7.21. The van der Waals surface area contributed by atoms with Gasteiger partial charge in [-0.25, -0.2) is 0 Å². The van der Waals surface area contributed by atoms with Gasteiger partial charge in [-0.1, -0.05) is 30.7 Å². The number of rotatable bonds is 5. The highest BCUT2D eigenvalue weighted by Gasteiger charge is 2.28. The summed E-state index contributed by atoms with van der Waals surface area (Å²) in [6.07, 6.45) is 2.22. The summed E-state index contributed by atoms with van der Waals surface area (Å²) in [6, 6.07) is 7.65. The molecule has 1 atom stereocenters. The van der Waals surface area contributed by atoms with Crippen LogP contribution in [-0.4, -0.2) is 42.4 Å². The molecule has 1 saturated heterocycles. The molecule has 0 radical (unpaired) electrons. The third kappa shape index (κ3) is 3.60. The Balaban J connectivity index is 2.11. The second-order valence-electron chi connectivity index (χ2n) is 5.36. The first-order valence-electron chi connectivity index (χ1n) is 7.39. The van der Waals surface area contributed by atoms with Crippen molar-refractivity contribution in [2.75, 3.05) is 19.6 Å². The Bertz CT molecular complexity index is 458. The third-order valence-electron chi connectivity index (χ3n) is 4.13. The lowest BCUT2D eigenvalue weighted by atomic mass is 9.98. The number of ketones is 1. The Morgan fingerprint density at radius 3 is 2.75 bits per heavy atom. The predicted octanol–water partition coefficient (Wildman–Crippen LogP) is 2.99. The maximum Gasteiger partial charge on any atom is 0.179 e. The van der Waals surface area contributed by atoms with E-state index in [0.717, 1.165) is 32.5 Å². The molecular formula is C16H23ClN2O. The zero-order valence-electron chi connectivity index (χ0n) is 12.2. The molecule has 20 heavy (non-hydrogen) atoms. The largest absolute Gasteiger partial charge is 0.317 e. The number of piperidine rings is 1. The normalized spacial score (nSPS) is 18.2. The number of nitrogens with zero attached hydrogens (tertiary/aromatic N) is 1. The fourth-order valence-electron chi connectivity index (χ4n) is 3.02. The van der Waals surface area contributed by atoms with E-state index < -0.39 is 0 Å². The summed E-state index contributed by atoms with van der Waals surface area (Å²) in [7, 11) is 0. The highest BCUT2D eigenvalue weighted by atomic mass is 35.5. The first kappa shape index (κ1) is 15.5. The van der Waals surface area contributed by atoms with Crippen LogP contribution in [-0.2, 0) is 0 Å². The average molecular weight is 295 g/mol. The summed E-state index contributed by atoms with van der Waals surface area (Å²) < 4.78 is 0. The SMILES string of the molecule is CCN(C1CCNCC1)C(C)C(=O)c1cccc(Cl)c1. The van der Waals surface area contributed by atoms with Gasteiger partial charge in [0.15, 0.2) is 5.78 Å². The molecule has 1 fully saturated rings. The van der Waals surface area contributed by atoms with Gasteiger partial charge in [-0.2, -0.15) is 0 Å². The molecular weight excluding hydrogens is 272 g/mol. The Kier molecular flexibility index (Phi) is 5.58. The molecule has 2 rings (SSSR count). The van der Waals surface area contributed by atoms with Gasteiger partial charge < -0.3 is 5.32 Å². The lowest BCUT2D eigenvalue weighted by Gasteiger charge is -2.37. The summed E-state index contributed by atoms with van der Waals surface area (Å²) in [5.74, 6) is 0.160. The first-order valence-corrected chi connectivity index (χ1v) is 7.77. The molecule has 1 unspecified atom stereocenters. The van der Waals surface area contributed by atoms with Crippen LogP contribution in [0, 0.1) is 0 Å². The molecule has 0 amide bonds. The molecule has 1 aromatic rings. The number of hydrogen-bond donors (Lipinski definition) is 1. The molecule has 0 aromatic heterocycles. The van der Waals surface area contributed by atoms with Crippen LogP contribution in [0.25, 0.3) is 0 Å². The van der Waals surface area contributed by atoms with Gasteiger partial charge in [-0.3, -0.25) is 9.69 Å². The highest BCUT2D eigenvalue weighted by Crippen LogP contribution is 2.19. The van der Waals surface area contributed by atoms with Crippen molar-refractivity contribution < 1.29 is 4.79 Å². The van der Waals surface area contributed by atoms with Gasteiger partial charge in [0.05, 0.1) is 6.04 Å². The molecule has 0 spiro atoms. The van der Waals surface area contributed by atoms with Crippen LogP contribution < -0.4 is 5.32 Å². The Morgan fingerprint density at radius 2 is 2.15 bits per heavy atom. The van der Waals surface area contributed by atoms with E-state index in [9.17, 15) is 4.79 Å². The van der Waals surface area contributed by atoms with Crippen LogP contribution in [0.2, 0.25) is 5.02 Å². The highest BCUT2D eigenvalue weighted by molar-refractivity contribution is 6.31. The molecule has 1 heterocycles. The van der Waals surface area contributed by atoms with Gasteiger partial charge in [0.2, 0.25) is 0 Å². The van der Waals surface area contributed by atoms with Crippen LogP contribution >= 0.6 is 11.6 Å². The summed E-state index contributed by atoms with van der Waals surface area (Å²) in [5.41, 5.74) is 0.706. The Labute approximate surface area is 126 Å². The van der Waals surface area contributed by atoms with Crippen molar-refractivity contribution in [2.24, 2.45) is 0 Å². The molecule has 0 saturated carbocycles. The van der Waals surface area contributed by atoms with E-state index in [0.29, 0.717) is 16.6 Å². The van der Waals surface area contributed by atoms with Gasteiger partial charge >= 0.3 is 0 Å². The van der Waals surface area contributed by atoms with Gasteiger partial charge in [-0.15, -0.1) is 0 Å². The summed E-state index contributed by atoms with van der Waals surface area (Å²) in [6.45, 7) is 7.12. The maximum atomic E-state index is 12.6. The molecule has 1 aliphatic heterocycles. The topological polar surface area (TPSA) is 32.3 Å². The fraction of sp³-hybridized carbons (Fsp3) is 0.562. The number of benzene rings is 1. The summed E-state index contributed by atoms with van der Waals surface area (Å²) in [5, 5.41) is 3.99. The Hall–Kier alpha value is -0.900. The van der Waals surface area contributed by atoms with Crippen molar-refractivity contribution in [2.45, 2.75) is 38.8 Å². The van der Waals surface area contributed by atoms with E-state index >= 15 is 0 Å². The van der Waals surface area contributed by atoms with Crippen molar-refractivity contribution in [3.05, 3.63) is 34.9 Å². The van der Waals surface area contributed by atoms with Gasteiger partial charge in [0.25, 0.3) is 0 Å². The molecule has 1 N–H and O–H groups in total. The zero-order chi connectivity index (χ0) is 14.5. The van der Waals surface area contributed by atoms with E-state index in [1.54, 1.807) is 12.1 Å². The van der Waals surface area contributed by atoms with Crippen LogP contribution in [0.5, 0.6) is 0 Å². The van der Waals surface area contributed by atoms with Gasteiger partial charge in [-0.05, 0) is 51.5 Å². The van der Waals surface area contributed by atoms with Crippen molar-refractivity contribution >= 4 is 17.4 Å². The van der Waals surface area contributed by atoms with E-state index in [1.165, 1.54) is 0 Å². The predicted molar refractivity (Wildman–Crippen MR) is 83.5 cm³/mol. The minimum absolute atomic E-state index is 0.0958. The number of likely N-dealkylation sites (N-methyl/N-ethyl adjacent to an activating group) is 1. The smallest absolute Gasteiger partial charge is 0.179 e. The summed E-state index contributed by atoms with van der Waals surface area (Å²) in [4.78, 5) is 14.9. The standard InChI is InChI=1S/C16H23ClN2O/c1-3-19(15-7-9-18-10-8-15)12(2)16(20)13-5-4-6-14(17)11-13/h4-6,11-12,15,18H,3,7-10H2,1-2H3. The molecule has 1 aromatic carbocycles. The lowest BCUT2D eigenvalue weighted by Crippen LogP contribution is -2.49. The first-order chi connectivity index (χ1) is 9.63. The van der Waals surface area contributed by atoms with E-state index in [4.69, 9.17) is 11.6 Å². The van der Waals surface area contributed by atoms with Crippen molar-refractivity contribution in [3.63, 3.8) is 0 Å². The number of halogens is 1. The van der Waals surface area contributed by atoms with Crippen LogP contribution in [0.1, 0.15) is 37.0 Å². The maximum absolute atomic E-state index is 12.6. The number of carbonyl (C=O) groups is 1. The molecule has 3 nitrogen and oxygen atoms in total. The zero-order valence-corrected chi connectivity index (χ0v) is 13.0. The number of Topliss-reactive ketones (excluding diaryl/α,β-unsaturated/α-hetero) is 1. The average Bonchev–Trinajstić information content (AvgIpc) is 2.48. The van der Waals surface area contributed by atoms with Crippen LogP contribution in [0.4, 0.5) is 0 Å². The van der Waals surface area contributed by atoms with E-state index in [-0.39, 0.29) is 11.8 Å². The van der Waals surface area contributed by atoms with Gasteiger partial charge in [0, 0.05) is 16.6 Å². The van der Waals surface area contributed by atoms with Crippen LogP contribution in [0.3, 0.4) is 0 Å². The summed E-state index contributed by atoms with van der Waals surface area (Å²) >= 11 is 5.98. The molecule has 1 aliphatic rings. The second-order valence-corrected chi connectivity index (χ2v) is 5.80. The lowest BCUT2D eigenvalue weighted by molar-refractivity contribution is 0.0728. The molecule has 110 valence electrons. The van der Waals surface area contributed by atoms with Gasteiger partial charge in [0.1, 0.15) is 0 Å². The minimum atomic E-state index is -0.0958. The van der Waals surface area contributed by atoms with Crippen molar-refractivity contribution in [1.82, 2.24) is 10.2 Å². The number of hydrogen-bond acceptors (Lipinski definition) is 3. The number of carbonyl (C=O) groups excluding carboxylic acids is 1. The fourth-order valence-corrected chi connectivity index (χ4v) is 3.21. The van der Waals surface area contributed by atoms with Crippen molar-refractivity contribution in [3.8, 4) is 0 Å². The number of nitrogens with one attached hydrogen (secondary N) is 1. The van der Waals surface area contributed by atoms with E-state index in [1.807, 2.05) is 19.1 Å². The molecule has 0 bridgehead atoms. The van der Waals surface area contributed by atoms with Crippen LogP contribution in [0.15, 0.2) is 24.3 Å². The third-order valence-corrected chi connectivity index (χ3v) is 4.36. The van der Waals surface area contributed by atoms with Crippen molar-refractivity contribution in [1.29, 1.82) is 0 Å². The molecule has 4 heteroatoms. The quantitative estimate of drug-likeness (QED) is 0.848. The Morgan fingerprint density at radius 1 is 1.45 bits per heavy atom. The monoisotopic (exact) mass is 294 g/mol. The van der Waals surface area contributed by atoms with E-state index in [2.05, 4.69) is 17.1 Å². The molecule has 0 aliphatic carbocycles. The minimum Gasteiger partial charge on any atom is -0.317 e.